The fourth-order valence-corrected chi connectivity index (χ4v) is 17.1. The van der Waals surface area contributed by atoms with Crippen molar-refractivity contribution in [1.29, 1.82) is 0 Å². The number of aromatic nitrogens is 8. The summed E-state index contributed by atoms with van der Waals surface area (Å²) in [7, 11) is 0. The predicted octanol–water partition coefficient (Wildman–Crippen LogP) is 24.9. The Labute approximate surface area is 597 Å². The maximum atomic E-state index is 6.22. The predicted molar refractivity (Wildman–Crippen MR) is 433 cm³/mol. The van der Waals surface area contributed by atoms with Crippen molar-refractivity contribution in [2.24, 2.45) is 0 Å². The van der Waals surface area contributed by atoms with Crippen LogP contribution in [0.2, 0.25) is 0 Å². The second-order valence-electron chi connectivity index (χ2n) is 26.9. The van der Waals surface area contributed by atoms with Gasteiger partial charge < -0.3 is 8.98 Å². The number of thiophene rings is 1. The van der Waals surface area contributed by atoms with Crippen molar-refractivity contribution in [1.82, 2.24) is 39.0 Å². The minimum Gasteiger partial charge on any atom is -0.436 e. The average molecular weight is 1340 g/mol. The summed E-state index contributed by atoms with van der Waals surface area (Å²) < 4.78 is 12.2. The van der Waals surface area contributed by atoms with E-state index < -0.39 is 0 Å². The first-order valence-electron chi connectivity index (χ1n) is 34.9. The molecule has 0 N–H and O–H groups in total. The van der Waals surface area contributed by atoms with Gasteiger partial charge in [0.15, 0.2) is 0 Å². The van der Waals surface area contributed by atoms with E-state index in [0.29, 0.717) is 11.4 Å². The maximum Gasteiger partial charge on any atom is 0.246 e. The summed E-state index contributed by atoms with van der Waals surface area (Å²) in [6.45, 7) is 0. The first-order valence-corrected chi connectivity index (χ1v) is 35.8. The van der Waals surface area contributed by atoms with Gasteiger partial charge in [-0.2, -0.15) is 0 Å². The number of rotatable bonds is 6. The van der Waals surface area contributed by atoms with E-state index in [9.17, 15) is 0 Å². The van der Waals surface area contributed by atoms with E-state index in [0.717, 1.165) is 116 Å². The van der Waals surface area contributed by atoms with Gasteiger partial charge in [-0.3, -0.25) is 9.55 Å². The summed E-state index contributed by atoms with van der Waals surface area (Å²) in [5, 5.41) is 22.5. The molecule has 0 amide bonds. The summed E-state index contributed by atoms with van der Waals surface area (Å²) in [6, 6.07) is 112. The molecule has 0 bridgehead atoms. The zero-order valence-corrected chi connectivity index (χ0v) is 56.4. The summed E-state index contributed by atoms with van der Waals surface area (Å²) in [5.41, 5.74) is 16.8. The molecule has 9 nitrogen and oxygen atoms in total. The highest BCUT2D eigenvalue weighted by atomic mass is 32.1. The molecular weight excluding hydrogens is 1290 g/mol. The third-order valence-electron chi connectivity index (χ3n) is 21.0. The Morgan fingerprint density at radius 1 is 0.298 bits per heavy atom. The molecule has 23 aromatic rings. The highest BCUT2D eigenvalue weighted by molar-refractivity contribution is 7.25. The first-order chi connectivity index (χ1) is 51.5. The molecule has 15 aromatic carbocycles. The molecule has 0 unspecified atom stereocenters. The Morgan fingerprint density at radius 2 is 0.837 bits per heavy atom. The van der Waals surface area contributed by atoms with Crippen LogP contribution in [0.5, 0.6) is 0 Å². The molecule has 0 aliphatic heterocycles. The third kappa shape index (κ3) is 9.12. The van der Waals surface area contributed by atoms with Crippen LogP contribution in [-0.2, 0) is 0 Å². The van der Waals surface area contributed by atoms with Crippen LogP contribution in [0.3, 0.4) is 0 Å². The van der Waals surface area contributed by atoms with Gasteiger partial charge in [0.1, 0.15) is 33.0 Å². The van der Waals surface area contributed by atoms with E-state index in [2.05, 4.69) is 299 Å². The molecule has 8 aromatic heterocycles. The molecule has 0 aliphatic rings. The monoisotopic (exact) mass is 1340 g/mol. The van der Waals surface area contributed by atoms with Crippen LogP contribution >= 0.6 is 11.3 Å². The fraction of sp³-hybridized carbons (Fsp3) is 0. The lowest BCUT2D eigenvalue weighted by Gasteiger charge is -2.15. The fourth-order valence-electron chi connectivity index (χ4n) is 16.1. The lowest BCUT2D eigenvalue weighted by Crippen LogP contribution is -1.99. The Balaban J connectivity index is 0.000000131. The van der Waals surface area contributed by atoms with E-state index >= 15 is 0 Å². The Kier molecular flexibility index (Phi) is 12.8. The number of pyridine rings is 2. The van der Waals surface area contributed by atoms with Crippen molar-refractivity contribution in [2.45, 2.75) is 0 Å². The molecule has 0 saturated carbocycles. The Bertz CT molecular complexity index is 7570. The van der Waals surface area contributed by atoms with Gasteiger partial charge in [-0.25, -0.2) is 24.9 Å². The molecule has 0 atom stereocenters. The number of para-hydroxylation sites is 1. The van der Waals surface area contributed by atoms with E-state index in [4.69, 9.17) is 29.3 Å². The van der Waals surface area contributed by atoms with E-state index in [1.54, 1.807) is 11.3 Å². The van der Waals surface area contributed by atoms with Crippen LogP contribution in [-0.4, -0.2) is 39.0 Å². The molecule has 10 heteroatoms. The minimum atomic E-state index is 0.494. The lowest BCUT2D eigenvalue weighted by atomic mass is 9.96. The van der Waals surface area contributed by atoms with Gasteiger partial charge in [0, 0.05) is 93.5 Å². The summed E-state index contributed by atoms with van der Waals surface area (Å²) >= 11 is 1.71. The van der Waals surface area contributed by atoms with E-state index in [1.807, 2.05) is 42.7 Å². The number of furan rings is 1. The summed E-state index contributed by atoms with van der Waals surface area (Å²) in [6.07, 6.45) is 3.72. The van der Waals surface area contributed by atoms with Crippen molar-refractivity contribution in [3.63, 3.8) is 0 Å². The zero-order chi connectivity index (χ0) is 68.1. The van der Waals surface area contributed by atoms with Crippen molar-refractivity contribution in [3.8, 4) is 56.5 Å². The van der Waals surface area contributed by atoms with E-state index in [-0.39, 0.29) is 0 Å². The number of benzene rings is 15. The van der Waals surface area contributed by atoms with Gasteiger partial charge in [-0.05, 0) is 139 Å². The van der Waals surface area contributed by atoms with Crippen LogP contribution in [0.4, 0.5) is 0 Å². The Hall–Kier alpha value is -13.8. The number of hydrogen-bond acceptors (Lipinski definition) is 8. The van der Waals surface area contributed by atoms with Crippen LogP contribution < -0.4 is 0 Å². The smallest absolute Gasteiger partial charge is 0.246 e. The molecule has 0 spiro atoms. The largest absolute Gasteiger partial charge is 0.436 e. The summed E-state index contributed by atoms with van der Waals surface area (Å²) in [4.78, 5) is 31.9. The average Bonchev–Trinajstić information content (AvgIpc) is 1.38. The quantitative estimate of drug-likeness (QED) is 0.163. The van der Waals surface area contributed by atoms with Gasteiger partial charge in [-0.15, -0.1) is 11.3 Å². The Morgan fingerprint density at radius 3 is 1.56 bits per heavy atom. The standard InChI is InChI=1S/C50H29N3S.C44H25N5O/c1-2-12-32-26-36(21-20-30(32)10-1)46-47(52-50-48(51-46)42-17-7-8-19-45(42)54-50)40-18-9-15-35-27-37(23-25-38(35)40)53-44-29-34-14-4-3-13-33(34)28-43(44)41-24-22-31-11-5-6-16-39(31)49(41)53;1-2-10-29-24-37-35(22-28(29)9-1)33-19-17-26-8-3-4-12-32(26)43(33)49(37)39-20-18-31(25-46-39)41-40(30-16-15-27-11-7-21-45-36(27)23-30)47-42-34-13-5-6-14-38(34)50-44(42)48-41/h1-29H;1-25H. The number of nitrogens with zero attached hydrogens (tertiary/aromatic N) is 8. The van der Waals surface area contributed by atoms with Gasteiger partial charge in [0.2, 0.25) is 5.71 Å². The molecule has 8 heterocycles. The highest BCUT2D eigenvalue weighted by Crippen LogP contribution is 2.45. The second kappa shape index (κ2) is 22.9. The van der Waals surface area contributed by atoms with E-state index in [1.165, 1.54) is 91.1 Å². The van der Waals surface area contributed by atoms with Crippen molar-refractivity contribution in [3.05, 3.63) is 328 Å². The molecular formula is C94H54N8OS. The van der Waals surface area contributed by atoms with Crippen LogP contribution in [0.25, 0.3) is 218 Å². The molecule has 104 heavy (non-hydrogen) atoms. The van der Waals surface area contributed by atoms with Crippen LogP contribution in [0.15, 0.2) is 332 Å². The number of fused-ring (bicyclic) bond motifs is 21. The van der Waals surface area contributed by atoms with Crippen molar-refractivity contribution in [2.75, 3.05) is 0 Å². The van der Waals surface area contributed by atoms with Crippen LogP contribution in [0, 0.1) is 0 Å². The molecule has 0 radical (unpaired) electrons. The van der Waals surface area contributed by atoms with Crippen molar-refractivity contribution < 1.29 is 4.42 Å². The normalized spacial score (nSPS) is 12.0. The van der Waals surface area contributed by atoms with Crippen molar-refractivity contribution >= 4 is 173 Å². The van der Waals surface area contributed by atoms with Crippen LogP contribution in [0.1, 0.15) is 0 Å². The lowest BCUT2D eigenvalue weighted by molar-refractivity contribution is 0.653. The molecule has 482 valence electrons. The van der Waals surface area contributed by atoms with Gasteiger partial charge in [-0.1, -0.05) is 231 Å². The summed E-state index contributed by atoms with van der Waals surface area (Å²) in [5.74, 6) is 0.828. The third-order valence-corrected chi connectivity index (χ3v) is 22.0. The highest BCUT2D eigenvalue weighted by Gasteiger charge is 2.24. The first kappa shape index (κ1) is 58.0. The minimum absolute atomic E-state index is 0.494. The number of hydrogen-bond donors (Lipinski definition) is 0. The SMILES string of the molecule is c1ccc2cc(-c3nc4c(nc3-c3cccc5cc(-n6c7cc8ccccc8cc7c7ccc8ccccc8c76)ccc35)sc3ccccc34)ccc2c1.c1ccc2cc3c(cc2c1)c1ccc2ccccc2c1n3-c1ccc(-c2nc3oc4ccccc4c3nc2-c2ccc3cccnc3c2)cn1. The molecule has 0 aliphatic carbocycles. The zero-order valence-electron chi connectivity index (χ0n) is 55.6. The molecule has 0 fully saturated rings. The topological polar surface area (TPSA) is 100 Å². The van der Waals surface area contributed by atoms with Gasteiger partial charge in [0.25, 0.3) is 0 Å². The van der Waals surface area contributed by atoms with Gasteiger partial charge in [0.05, 0.1) is 44.7 Å². The molecule has 23 rings (SSSR count). The second-order valence-corrected chi connectivity index (χ2v) is 27.9. The maximum absolute atomic E-state index is 6.22. The van der Waals surface area contributed by atoms with Gasteiger partial charge >= 0.3 is 0 Å². The molecule has 0 saturated heterocycles.